The van der Waals surface area contributed by atoms with Crippen LogP contribution in [0.2, 0.25) is 0 Å². The fourth-order valence-corrected chi connectivity index (χ4v) is 3.46. The second-order valence-electron chi connectivity index (χ2n) is 9.30. The minimum Gasteiger partial charge on any atom is -0.490 e. The van der Waals surface area contributed by atoms with E-state index in [-0.39, 0.29) is 24.6 Å². The van der Waals surface area contributed by atoms with E-state index in [9.17, 15) is 19.2 Å². The van der Waals surface area contributed by atoms with Crippen LogP contribution in [0.15, 0.2) is 97.1 Å². The molecule has 0 fully saturated rings. The van der Waals surface area contributed by atoms with Gasteiger partial charge in [-0.2, -0.15) is 0 Å². The first-order chi connectivity index (χ1) is 18.6. The van der Waals surface area contributed by atoms with Crippen molar-refractivity contribution >= 4 is 23.6 Å². The number of nitrogens with one attached hydrogen (secondary N) is 1. The summed E-state index contributed by atoms with van der Waals surface area (Å²) >= 11 is 0. The van der Waals surface area contributed by atoms with Crippen LogP contribution in [0.3, 0.4) is 0 Å². The summed E-state index contributed by atoms with van der Waals surface area (Å²) in [5.41, 5.74) is 0.163. The number of carbonyl (C=O) groups is 4. The molecule has 3 rings (SSSR count). The highest BCUT2D eigenvalue weighted by Crippen LogP contribution is 2.27. The number of Topliss-reactive ketones (excluding diaryl/α,β-unsaturated/α-hetero) is 1. The topological polar surface area (TPSA) is 108 Å². The molecule has 0 bridgehead atoms. The Kier molecular flexibility index (Phi) is 9.75. The number of carbonyl (C=O) groups excluding carboxylic acids is 4. The third-order valence-corrected chi connectivity index (χ3v) is 5.60. The molecular weight excluding hydrogens is 498 g/mol. The summed E-state index contributed by atoms with van der Waals surface area (Å²) < 4.78 is 16.7. The predicted octanol–water partition coefficient (Wildman–Crippen LogP) is 4.86. The lowest BCUT2D eigenvalue weighted by Gasteiger charge is -2.24. The molecule has 1 unspecified atom stereocenters. The first kappa shape index (κ1) is 28.8. The normalized spacial score (nSPS) is 11.6. The van der Waals surface area contributed by atoms with Crippen LogP contribution in [0.5, 0.6) is 5.75 Å². The third kappa shape index (κ3) is 8.13. The van der Waals surface area contributed by atoms with Crippen molar-refractivity contribution in [2.24, 2.45) is 0 Å². The van der Waals surface area contributed by atoms with Crippen LogP contribution in [0.4, 0.5) is 0 Å². The van der Waals surface area contributed by atoms with Crippen LogP contribution in [-0.2, 0) is 19.1 Å². The number of rotatable bonds is 12. The van der Waals surface area contributed by atoms with Crippen molar-refractivity contribution in [2.75, 3.05) is 13.2 Å². The second kappa shape index (κ2) is 13.2. The van der Waals surface area contributed by atoms with Gasteiger partial charge in [0.05, 0.1) is 5.56 Å². The summed E-state index contributed by atoms with van der Waals surface area (Å²) in [6.45, 7) is 8.09. The summed E-state index contributed by atoms with van der Waals surface area (Å²) in [4.78, 5) is 50.4. The molecule has 39 heavy (non-hydrogen) atoms. The largest absolute Gasteiger partial charge is 0.490 e. The molecule has 0 spiro atoms. The SMILES string of the molecule is C=C(C)C(=O)NC(C)(C)C(=O)OCCOc1cccc(C(OC(=O)c2ccccc2)C(=O)c2ccccc2)c1. The highest BCUT2D eigenvalue weighted by molar-refractivity contribution is 6.02. The predicted molar refractivity (Wildman–Crippen MR) is 145 cm³/mol. The summed E-state index contributed by atoms with van der Waals surface area (Å²) in [6.07, 6.45) is -1.21. The molecule has 1 N–H and O–H groups in total. The Bertz CT molecular complexity index is 1330. The molecule has 3 aromatic rings. The molecule has 8 nitrogen and oxygen atoms in total. The Morgan fingerprint density at radius 3 is 2.08 bits per heavy atom. The van der Waals surface area contributed by atoms with Gasteiger partial charge in [0.2, 0.25) is 11.7 Å². The van der Waals surface area contributed by atoms with Crippen LogP contribution in [0.25, 0.3) is 0 Å². The first-order valence-corrected chi connectivity index (χ1v) is 12.3. The molecule has 0 aliphatic heterocycles. The lowest BCUT2D eigenvalue weighted by atomic mass is 9.99. The van der Waals surface area contributed by atoms with Gasteiger partial charge in [-0.05, 0) is 45.0 Å². The molecule has 0 saturated carbocycles. The van der Waals surface area contributed by atoms with Gasteiger partial charge in [0.25, 0.3) is 0 Å². The van der Waals surface area contributed by atoms with E-state index >= 15 is 0 Å². The maximum Gasteiger partial charge on any atom is 0.339 e. The fourth-order valence-electron chi connectivity index (χ4n) is 3.46. The van der Waals surface area contributed by atoms with E-state index in [0.29, 0.717) is 22.4 Å². The second-order valence-corrected chi connectivity index (χ2v) is 9.30. The van der Waals surface area contributed by atoms with Gasteiger partial charge in [-0.1, -0.05) is 67.2 Å². The van der Waals surface area contributed by atoms with E-state index < -0.39 is 29.5 Å². The molecule has 0 aliphatic carbocycles. The lowest BCUT2D eigenvalue weighted by molar-refractivity contribution is -0.152. The van der Waals surface area contributed by atoms with Crippen LogP contribution in [-0.4, -0.2) is 42.4 Å². The van der Waals surface area contributed by atoms with E-state index in [1.54, 1.807) is 91.9 Å². The van der Waals surface area contributed by atoms with Crippen molar-refractivity contribution in [1.82, 2.24) is 5.32 Å². The van der Waals surface area contributed by atoms with Crippen molar-refractivity contribution in [3.05, 3.63) is 114 Å². The number of ketones is 1. The maximum absolute atomic E-state index is 13.4. The zero-order valence-corrected chi connectivity index (χ0v) is 22.1. The summed E-state index contributed by atoms with van der Waals surface area (Å²) in [6, 6.07) is 23.6. The molecule has 0 saturated heterocycles. The monoisotopic (exact) mass is 529 g/mol. The summed E-state index contributed by atoms with van der Waals surface area (Å²) in [5, 5.41) is 2.56. The molecule has 3 aromatic carbocycles. The lowest BCUT2D eigenvalue weighted by Crippen LogP contribution is -2.51. The van der Waals surface area contributed by atoms with Crippen molar-refractivity contribution in [1.29, 1.82) is 0 Å². The Balaban J connectivity index is 1.69. The quantitative estimate of drug-likeness (QED) is 0.154. The summed E-state index contributed by atoms with van der Waals surface area (Å²) in [7, 11) is 0. The number of esters is 2. The number of benzene rings is 3. The number of hydrogen-bond donors (Lipinski definition) is 1. The van der Waals surface area contributed by atoms with E-state index in [2.05, 4.69) is 11.9 Å². The van der Waals surface area contributed by atoms with Gasteiger partial charge >= 0.3 is 11.9 Å². The minimum absolute atomic E-state index is 0.0147. The van der Waals surface area contributed by atoms with Gasteiger partial charge in [-0.3, -0.25) is 9.59 Å². The van der Waals surface area contributed by atoms with Crippen LogP contribution < -0.4 is 10.1 Å². The van der Waals surface area contributed by atoms with E-state index in [0.717, 1.165) is 0 Å². The molecule has 8 heteroatoms. The van der Waals surface area contributed by atoms with Crippen LogP contribution in [0, 0.1) is 0 Å². The maximum atomic E-state index is 13.4. The zero-order chi connectivity index (χ0) is 28.4. The number of hydrogen-bond acceptors (Lipinski definition) is 7. The van der Waals surface area contributed by atoms with E-state index in [1.165, 1.54) is 13.8 Å². The molecule has 0 radical (unpaired) electrons. The van der Waals surface area contributed by atoms with Crippen molar-refractivity contribution < 1.29 is 33.4 Å². The van der Waals surface area contributed by atoms with Crippen molar-refractivity contribution in [3.8, 4) is 5.75 Å². The number of amides is 1. The average molecular weight is 530 g/mol. The fraction of sp³-hybridized carbons (Fsp3) is 0.226. The van der Waals surface area contributed by atoms with E-state index in [4.69, 9.17) is 14.2 Å². The highest BCUT2D eigenvalue weighted by atomic mass is 16.6. The summed E-state index contributed by atoms with van der Waals surface area (Å²) in [5.74, 6) is -1.71. The zero-order valence-electron chi connectivity index (χ0n) is 22.1. The molecule has 0 heterocycles. The molecule has 0 aromatic heterocycles. The van der Waals surface area contributed by atoms with Gasteiger partial charge in [0.15, 0.2) is 6.10 Å². The van der Waals surface area contributed by atoms with Gasteiger partial charge in [-0.15, -0.1) is 0 Å². The average Bonchev–Trinajstić information content (AvgIpc) is 2.94. The standard InChI is InChI=1S/C31H31NO7/c1-21(2)28(34)32-31(3,4)30(36)38-19-18-37-25-17-11-16-24(20-25)27(26(33)22-12-7-5-8-13-22)39-29(35)23-14-9-6-10-15-23/h5-17,20,27H,1,18-19H2,2-4H3,(H,32,34). The molecule has 0 aliphatic rings. The van der Waals surface area contributed by atoms with E-state index in [1.807, 2.05) is 0 Å². The molecular formula is C31H31NO7. The van der Waals surface area contributed by atoms with Gasteiger partial charge < -0.3 is 19.5 Å². The van der Waals surface area contributed by atoms with Gasteiger partial charge in [0.1, 0.15) is 24.5 Å². The van der Waals surface area contributed by atoms with Gasteiger partial charge in [0, 0.05) is 16.7 Å². The molecule has 202 valence electrons. The van der Waals surface area contributed by atoms with Crippen LogP contribution >= 0.6 is 0 Å². The van der Waals surface area contributed by atoms with Crippen molar-refractivity contribution in [2.45, 2.75) is 32.4 Å². The van der Waals surface area contributed by atoms with Crippen molar-refractivity contribution in [3.63, 3.8) is 0 Å². The van der Waals surface area contributed by atoms with Gasteiger partial charge in [-0.25, -0.2) is 9.59 Å². The minimum atomic E-state index is -1.25. The third-order valence-electron chi connectivity index (χ3n) is 5.60. The highest BCUT2D eigenvalue weighted by Gasteiger charge is 2.31. The Hall–Kier alpha value is -4.72. The van der Waals surface area contributed by atoms with Crippen LogP contribution in [0.1, 0.15) is 53.2 Å². The Labute approximate surface area is 227 Å². The molecule has 1 atom stereocenters. The number of ether oxygens (including phenoxy) is 3. The Morgan fingerprint density at radius 2 is 1.46 bits per heavy atom. The first-order valence-electron chi connectivity index (χ1n) is 12.3. The Morgan fingerprint density at radius 1 is 0.846 bits per heavy atom. The molecule has 1 amide bonds. The smallest absolute Gasteiger partial charge is 0.339 e.